The second-order valence-electron chi connectivity index (χ2n) is 12.4. The quantitative estimate of drug-likeness (QED) is 0.219. The number of aromatic nitrogens is 2. The summed E-state index contributed by atoms with van der Waals surface area (Å²) in [4.78, 5) is 26.7. The first kappa shape index (κ1) is 34.2. The Labute approximate surface area is 273 Å². The van der Waals surface area contributed by atoms with Crippen LogP contribution in [0.25, 0.3) is 0 Å². The summed E-state index contributed by atoms with van der Waals surface area (Å²) < 4.78 is 83.2. The lowest BCUT2D eigenvalue weighted by atomic mass is 9.82. The molecule has 3 atom stereocenters. The Hall–Kier alpha value is -3.15. The van der Waals surface area contributed by atoms with Crippen molar-refractivity contribution in [3.05, 3.63) is 87.7 Å². The smallest absolute Gasteiger partial charge is 0.336 e. The predicted molar refractivity (Wildman–Crippen MR) is 167 cm³/mol. The standard InChI is InChI=1S/C34H37BrF6N4O/c1-2-28-17-29(18-30(15-22-9-5-3-6-10-22)45(28)31(46)24-11-7-4-8-12-24)44(32-42-19-27(35)20-43-32)21-23-13-25(33(36,37)38)16-26(14-23)34(39,40)41/h3,5-6,9-10,13-14,16,19-20,24,28-30H,2,4,7-8,11-12,15,17-18,21H2,1H3. The second kappa shape index (κ2) is 14.3. The highest BCUT2D eigenvalue weighted by Crippen LogP contribution is 2.39. The number of piperidine rings is 1. The molecule has 1 aliphatic carbocycles. The molecule has 2 fully saturated rings. The van der Waals surface area contributed by atoms with Crippen LogP contribution >= 0.6 is 15.9 Å². The van der Waals surface area contributed by atoms with E-state index in [1.54, 1.807) is 4.90 Å². The van der Waals surface area contributed by atoms with E-state index in [1.807, 2.05) is 42.2 Å². The van der Waals surface area contributed by atoms with Crippen molar-refractivity contribution in [2.24, 2.45) is 5.92 Å². The Kier molecular flexibility index (Phi) is 10.6. The summed E-state index contributed by atoms with van der Waals surface area (Å²) >= 11 is 3.31. The van der Waals surface area contributed by atoms with Gasteiger partial charge >= 0.3 is 12.4 Å². The third-order valence-corrected chi connectivity index (χ3v) is 9.58. The molecule has 5 nitrogen and oxygen atoms in total. The van der Waals surface area contributed by atoms with E-state index in [0.717, 1.165) is 49.8 Å². The zero-order chi connectivity index (χ0) is 33.1. The highest BCUT2D eigenvalue weighted by molar-refractivity contribution is 9.10. The van der Waals surface area contributed by atoms with Gasteiger partial charge in [-0.3, -0.25) is 4.79 Å². The number of amides is 1. The number of anilines is 1. The number of alkyl halides is 6. The minimum atomic E-state index is -4.96. The Morgan fingerprint density at radius 3 is 2.02 bits per heavy atom. The summed E-state index contributed by atoms with van der Waals surface area (Å²) in [5.74, 6) is 0.291. The van der Waals surface area contributed by atoms with Crippen molar-refractivity contribution in [1.82, 2.24) is 14.9 Å². The van der Waals surface area contributed by atoms with Crippen LogP contribution in [0.5, 0.6) is 0 Å². The topological polar surface area (TPSA) is 49.3 Å². The van der Waals surface area contributed by atoms with Gasteiger partial charge in [-0.05, 0) is 83.8 Å². The third kappa shape index (κ3) is 8.22. The van der Waals surface area contributed by atoms with Gasteiger partial charge in [0, 0.05) is 43.0 Å². The van der Waals surface area contributed by atoms with Gasteiger partial charge in [0.2, 0.25) is 11.9 Å². The number of rotatable bonds is 8. The van der Waals surface area contributed by atoms with Crippen molar-refractivity contribution in [3.63, 3.8) is 0 Å². The van der Waals surface area contributed by atoms with E-state index < -0.39 is 23.5 Å². The number of hydrogen-bond donors (Lipinski definition) is 0. The van der Waals surface area contributed by atoms with E-state index in [4.69, 9.17) is 0 Å². The average Bonchev–Trinajstić information content (AvgIpc) is 3.03. The lowest BCUT2D eigenvalue weighted by Crippen LogP contribution is -2.59. The van der Waals surface area contributed by atoms with Gasteiger partial charge in [0.25, 0.3) is 0 Å². The Bertz CT molecular complexity index is 1430. The SMILES string of the molecule is CCC1CC(N(Cc2cc(C(F)(F)F)cc(C(F)(F)F)c2)c2ncc(Br)cn2)CC(Cc2ccccc2)N1C(=O)C1CCCCC1. The van der Waals surface area contributed by atoms with Gasteiger partial charge in [0.15, 0.2) is 0 Å². The van der Waals surface area contributed by atoms with Crippen LogP contribution in [-0.2, 0) is 30.1 Å². The van der Waals surface area contributed by atoms with E-state index in [1.165, 1.54) is 12.4 Å². The van der Waals surface area contributed by atoms with Gasteiger partial charge in [-0.1, -0.05) is 56.5 Å². The molecule has 0 bridgehead atoms. The van der Waals surface area contributed by atoms with Gasteiger partial charge in [-0.2, -0.15) is 26.3 Å². The van der Waals surface area contributed by atoms with Crippen LogP contribution in [-0.4, -0.2) is 38.9 Å². The van der Waals surface area contributed by atoms with Crippen LogP contribution in [0.4, 0.5) is 32.3 Å². The molecule has 2 heterocycles. The van der Waals surface area contributed by atoms with E-state index in [9.17, 15) is 31.1 Å². The molecule has 1 saturated carbocycles. The van der Waals surface area contributed by atoms with Crippen molar-refractivity contribution in [1.29, 1.82) is 0 Å². The Morgan fingerprint density at radius 2 is 1.46 bits per heavy atom. The van der Waals surface area contributed by atoms with Gasteiger partial charge < -0.3 is 9.80 Å². The Morgan fingerprint density at radius 1 is 0.870 bits per heavy atom. The number of halogens is 7. The van der Waals surface area contributed by atoms with Crippen molar-refractivity contribution in [2.45, 2.75) is 102 Å². The minimum Gasteiger partial charge on any atom is -0.336 e. The highest BCUT2D eigenvalue weighted by atomic mass is 79.9. The fourth-order valence-corrected chi connectivity index (χ4v) is 7.18. The summed E-state index contributed by atoms with van der Waals surface area (Å²) in [6.45, 7) is 1.74. The number of carbonyl (C=O) groups excluding carboxylic acids is 1. The lowest BCUT2D eigenvalue weighted by Gasteiger charge is -2.49. The maximum Gasteiger partial charge on any atom is 0.416 e. The fraction of sp³-hybridized carbons (Fsp3) is 0.500. The summed E-state index contributed by atoms with van der Waals surface area (Å²) in [7, 11) is 0. The first-order chi connectivity index (χ1) is 21.8. The molecule has 2 aliphatic rings. The monoisotopic (exact) mass is 710 g/mol. The Balaban J connectivity index is 1.55. The third-order valence-electron chi connectivity index (χ3n) is 9.17. The van der Waals surface area contributed by atoms with E-state index >= 15 is 0 Å². The molecule has 3 aromatic rings. The number of hydrogen-bond acceptors (Lipinski definition) is 4. The van der Waals surface area contributed by atoms with Crippen molar-refractivity contribution >= 4 is 27.8 Å². The normalized spacial score (nSPS) is 21.3. The van der Waals surface area contributed by atoms with Gasteiger partial charge in [-0.15, -0.1) is 0 Å². The van der Waals surface area contributed by atoms with E-state index in [2.05, 4.69) is 25.9 Å². The van der Waals surface area contributed by atoms with Crippen LogP contribution in [0.1, 0.15) is 80.5 Å². The second-order valence-corrected chi connectivity index (χ2v) is 13.3. The summed E-state index contributed by atoms with van der Waals surface area (Å²) in [5.41, 5.74) is -1.84. The molecule has 3 unspecified atom stereocenters. The summed E-state index contributed by atoms with van der Waals surface area (Å²) in [5, 5.41) is 0. The zero-order valence-electron chi connectivity index (χ0n) is 25.5. The van der Waals surface area contributed by atoms with Gasteiger partial charge in [0.05, 0.1) is 15.6 Å². The number of nitrogens with zero attached hydrogens (tertiary/aromatic N) is 4. The first-order valence-electron chi connectivity index (χ1n) is 15.7. The summed E-state index contributed by atoms with van der Waals surface area (Å²) in [6.07, 6.45) is 0.0705. The van der Waals surface area contributed by atoms with E-state index in [-0.39, 0.29) is 54.1 Å². The molecule has 0 spiro atoms. The number of benzene rings is 2. The molecular formula is C34H37BrF6N4O. The largest absolute Gasteiger partial charge is 0.416 e. The summed E-state index contributed by atoms with van der Waals surface area (Å²) in [6, 6.07) is 10.7. The molecule has 0 N–H and O–H groups in total. The molecule has 46 heavy (non-hydrogen) atoms. The molecule has 5 rings (SSSR count). The average molecular weight is 712 g/mol. The van der Waals surface area contributed by atoms with Gasteiger partial charge in [0.1, 0.15) is 0 Å². The number of likely N-dealkylation sites (tertiary alicyclic amines) is 1. The zero-order valence-corrected chi connectivity index (χ0v) is 27.1. The number of carbonyl (C=O) groups is 1. The predicted octanol–water partition coefficient (Wildman–Crippen LogP) is 9.24. The molecule has 0 radical (unpaired) electrons. The van der Waals surface area contributed by atoms with Crippen LogP contribution < -0.4 is 4.90 Å². The van der Waals surface area contributed by atoms with Gasteiger partial charge in [-0.25, -0.2) is 9.97 Å². The fourth-order valence-electron chi connectivity index (χ4n) is 6.98. The van der Waals surface area contributed by atoms with Crippen LogP contribution in [0.3, 0.4) is 0 Å². The molecular weight excluding hydrogens is 674 g/mol. The minimum absolute atomic E-state index is 0.0468. The van der Waals surface area contributed by atoms with Crippen LogP contribution in [0.15, 0.2) is 65.4 Å². The maximum absolute atomic E-state index is 14.1. The van der Waals surface area contributed by atoms with Crippen molar-refractivity contribution in [3.8, 4) is 0 Å². The lowest BCUT2D eigenvalue weighted by molar-refractivity contribution is -0.145. The molecule has 1 saturated heterocycles. The maximum atomic E-state index is 14.1. The van der Waals surface area contributed by atoms with Crippen molar-refractivity contribution < 1.29 is 31.1 Å². The van der Waals surface area contributed by atoms with Crippen LogP contribution in [0.2, 0.25) is 0 Å². The molecule has 248 valence electrons. The van der Waals surface area contributed by atoms with Crippen LogP contribution in [0, 0.1) is 5.92 Å². The molecule has 1 aromatic heterocycles. The highest BCUT2D eigenvalue weighted by Gasteiger charge is 2.43. The molecule has 2 aromatic carbocycles. The first-order valence-corrected chi connectivity index (χ1v) is 16.5. The molecule has 12 heteroatoms. The molecule has 1 amide bonds. The van der Waals surface area contributed by atoms with Crippen molar-refractivity contribution in [2.75, 3.05) is 4.90 Å². The van der Waals surface area contributed by atoms with E-state index in [0.29, 0.717) is 30.2 Å². The molecule has 1 aliphatic heterocycles.